The molecule has 1 aromatic carbocycles. The maximum atomic E-state index is 12.1. The van der Waals surface area contributed by atoms with Crippen LogP contribution in [0, 0.1) is 0 Å². The maximum absolute atomic E-state index is 12.1. The van der Waals surface area contributed by atoms with E-state index in [1.807, 2.05) is 24.3 Å². The van der Waals surface area contributed by atoms with Crippen molar-refractivity contribution in [1.82, 2.24) is 19.9 Å². The third-order valence-corrected chi connectivity index (χ3v) is 4.29. The zero-order valence-electron chi connectivity index (χ0n) is 15.7. The number of pyridine rings is 1. The van der Waals surface area contributed by atoms with E-state index in [1.54, 1.807) is 19.5 Å². The quantitative estimate of drug-likeness (QED) is 0.622. The average molecular weight is 364 g/mol. The number of aromatic amines is 1. The van der Waals surface area contributed by atoms with Crippen molar-refractivity contribution in [1.29, 1.82) is 0 Å². The molecule has 3 aromatic rings. The second kappa shape index (κ2) is 9.21. The van der Waals surface area contributed by atoms with Gasteiger partial charge in [-0.15, -0.1) is 0 Å². The van der Waals surface area contributed by atoms with Crippen molar-refractivity contribution in [2.24, 2.45) is 0 Å². The minimum Gasteiger partial charge on any atom is -0.385 e. The number of methoxy groups -OCH3 is 1. The number of hydrogen-bond acceptors (Lipinski definition) is 5. The van der Waals surface area contributed by atoms with E-state index in [1.165, 1.54) is 11.6 Å². The van der Waals surface area contributed by atoms with Crippen molar-refractivity contribution in [2.45, 2.75) is 13.0 Å². The Morgan fingerprint density at radius 3 is 2.52 bits per heavy atom. The Balaban J connectivity index is 1.75. The summed E-state index contributed by atoms with van der Waals surface area (Å²) in [5, 5.41) is 0. The number of nitrogens with zero attached hydrogens (tertiary/aromatic N) is 3. The molecule has 0 unspecified atom stereocenters. The second-order valence-electron chi connectivity index (χ2n) is 6.50. The first kappa shape index (κ1) is 18.9. The average Bonchev–Trinajstić information content (AvgIpc) is 2.69. The van der Waals surface area contributed by atoms with E-state index in [0.717, 1.165) is 37.2 Å². The monoisotopic (exact) mass is 364 g/mol. The molecule has 0 aliphatic heterocycles. The predicted molar refractivity (Wildman–Crippen MR) is 106 cm³/mol. The van der Waals surface area contributed by atoms with Crippen molar-refractivity contribution in [2.75, 3.05) is 27.3 Å². The molecule has 6 nitrogen and oxygen atoms in total. The van der Waals surface area contributed by atoms with E-state index < -0.39 is 0 Å². The van der Waals surface area contributed by atoms with Crippen LogP contribution < -0.4 is 5.56 Å². The van der Waals surface area contributed by atoms with E-state index >= 15 is 0 Å². The minimum atomic E-state index is -0.172. The van der Waals surface area contributed by atoms with Crippen LogP contribution in [0.4, 0.5) is 0 Å². The Hall–Kier alpha value is -2.83. The van der Waals surface area contributed by atoms with Gasteiger partial charge in [-0.05, 0) is 31.2 Å². The molecule has 0 spiro atoms. The fourth-order valence-electron chi connectivity index (χ4n) is 2.90. The van der Waals surface area contributed by atoms with Crippen LogP contribution in [0.25, 0.3) is 22.6 Å². The van der Waals surface area contributed by atoms with Gasteiger partial charge in [0.15, 0.2) is 0 Å². The van der Waals surface area contributed by atoms with Gasteiger partial charge >= 0.3 is 0 Å². The fourth-order valence-corrected chi connectivity index (χ4v) is 2.90. The summed E-state index contributed by atoms with van der Waals surface area (Å²) in [5.41, 5.74) is 3.43. The number of benzene rings is 1. The van der Waals surface area contributed by atoms with Crippen LogP contribution in [0.15, 0.2) is 59.7 Å². The molecular formula is C21H24N4O2. The number of hydrogen-bond donors (Lipinski definition) is 1. The summed E-state index contributed by atoms with van der Waals surface area (Å²) < 4.78 is 5.09. The number of aromatic nitrogens is 3. The molecule has 2 heterocycles. The molecule has 140 valence electrons. The zero-order valence-corrected chi connectivity index (χ0v) is 15.7. The van der Waals surface area contributed by atoms with Crippen LogP contribution in [0.3, 0.4) is 0 Å². The van der Waals surface area contributed by atoms with Crippen LogP contribution in [-0.4, -0.2) is 47.2 Å². The first-order valence-electron chi connectivity index (χ1n) is 8.94. The molecule has 0 atom stereocenters. The molecule has 27 heavy (non-hydrogen) atoms. The van der Waals surface area contributed by atoms with Gasteiger partial charge < -0.3 is 14.6 Å². The van der Waals surface area contributed by atoms with Gasteiger partial charge in [-0.3, -0.25) is 9.78 Å². The van der Waals surface area contributed by atoms with Gasteiger partial charge in [0.2, 0.25) is 0 Å². The Kier molecular flexibility index (Phi) is 6.46. The van der Waals surface area contributed by atoms with Crippen molar-refractivity contribution < 1.29 is 4.74 Å². The van der Waals surface area contributed by atoms with Gasteiger partial charge in [-0.25, -0.2) is 4.98 Å². The molecule has 0 amide bonds. The molecule has 0 radical (unpaired) electrons. The van der Waals surface area contributed by atoms with Crippen molar-refractivity contribution in [3.8, 4) is 22.6 Å². The van der Waals surface area contributed by atoms with E-state index in [4.69, 9.17) is 4.74 Å². The highest BCUT2D eigenvalue weighted by molar-refractivity contribution is 5.63. The highest BCUT2D eigenvalue weighted by Crippen LogP contribution is 2.19. The molecule has 2 aromatic heterocycles. The predicted octanol–water partition coefficient (Wildman–Crippen LogP) is 2.97. The van der Waals surface area contributed by atoms with E-state index in [2.05, 4.69) is 39.0 Å². The largest absolute Gasteiger partial charge is 0.385 e. The SMILES string of the molecule is COCCCN(C)Cc1ccc(-c2nc(-c3ccncc3)cc(=O)[nH]2)cc1. The van der Waals surface area contributed by atoms with Crippen molar-refractivity contribution in [3.63, 3.8) is 0 Å². The first-order chi connectivity index (χ1) is 13.2. The topological polar surface area (TPSA) is 71.1 Å². The summed E-state index contributed by atoms with van der Waals surface area (Å²) in [6.45, 7) is 2.62. The lowest BCUT2D eigenvalue weighted by Crippen LogP contribution is -2.20. The van der Waals surface area contributed by atoms with Gasteiger partial charge in [0.1, 0.15) is 5.82 Å². The van der Waals surface area contributed by atoms with Crippen LogP contribution in [0.2, 0.25) is 0 Å². The molecular weight excluding hydrogens is 340 g/mol. The highest BCUT2D eigenvalue weighted by atomic mass is 16.5. The van der Waals surface area contributed by atoms with Crippen LogP contribution in [0.5, 0.6) is 0 Å². The van der Waals surface area contributed by atoms with Gasteiger partial charge in [-0.1, -0.05) is 24.3 Å². The van der Waals surface area contributed by atoms with Gasteiger partial charge in [0.05, 0.1) is 5.69 Å². The number of rotatable bonds is 8. The Labute approximate surface area is 158 Å². The summed E-state index contributed by atoms with van der Waals surface area (Å²) in [5.74, 6) is 0.564. The van der Waals surface area contributed by atoms with Crippen molar-refractivity contribution in [3.05, 3.63) is 70.8 Å². The van der Waals surface area contributed by atoms with Gasteiger partial charge in [0, 0.05) is 56.4 Å². The Morgan fingerprint density at radius 1 is 1.07 bits per heavy atom. The lowest BCUT2D eigenvalue weighted by molar-refractivity contribution is 0.178. The molecule has 0 saturated carbocycles. The summed E-state index contributed by atoms with van der Waals surface area (Å²) in [4.78, 5) is 25.8. The smallest absolute Gasteiger partial charge is 0.251 e. The molecule has 6 heteroatoms. The number of H-pyrrole nitrogens is 1. The summed E-state index contributed by atoms with van der Waals surface area (Å²) in [6, 6.07) is 13.3. The molecule has 0 fully saturated rings. The molecule has 1 N–H and O–H groups in total. The number of nitrogens with one attached hydrogen (secondary N) is 1. The Morgan fingerprint density at radius 2 is 1.81 bits per heavy atom. The second-order valence-corrected chi connectivity index (χ2v) is 6.50. The molecule has 0 aliphatic carbocycles. The van der Waals surface area contributed by atoms with E-state index in [9.17, 15) is 4.79 Å². The summed E-state index contributed by atoms with van der Waals surface area (Å²) in [6.07, 6.45) is 4.39. The fraction of sp³-hybridized carbons (Fsp3) is 0.286. The molecule has 0 aliphatic rings. The van der Waals surface area contributed by atoms with E-state index in [0.29, 0.717) is 11.5 Å². The van der Waals surface area contributed by atoms with Crippen LogP contribution >= 0.6 is 0 Å². The summed E-state index contributed by atoms with van der Waals surface area (Å²) >= 11 is 0. The van der Waals surface area contributed by atoms with Crippen LogP contribution in [-0.2, 0) is 11.3 Å². The third-order valence-electron chi connectivity index (χ3n) is 4.29. The summed E-state index contributed by atoms with van der Waals surface area (Å²) in [7, 11) is 3.82. The first-order valence-corrected chi connectivity index (χ1v) is 8.94. The van der Waals surface area contributed by atoms with E-state index in [-0.39, 0.29) is 5.56 Å². The lowest BCUT2D eigenvalue weighted by atomic mass is 10.1. The highest BCUT2D eigenvalue weighted by Gasteiger charge is 2.07. The number of ether oxygens (including phenoxy) is 1. The third kappa shape index (κ3) is 5.32. The van der Waals surface area contributed by atoms with Gasteiger partial charge in [-0.2, -0.15) is 0 Å². The molecule has 3 rings (SSSR count). The van der Waals surface area contributed by atoms with Crippen molar-refractivity contribution >= 4 is 0 Å². The molecule has 0 saturated heterocycles. The lowest BCUT2D eigenvalue weighted by Gasteiger charge is -2.16. The zero-order chi connectivity index (χ0) is 19.1. The normalized spacial score (nSPS) is 11.1. The van der Waals surface area contributed by atoms with Gasteiger partial charge in [0.25, 0.3) is 5.56 Å². The molecule has 0 bridgehead atoms. The van der Waals surface area contributed by atoms with Crippen LogP contribution in [0.1, 0.15) is 12.0 Å². The minimum absolute atomic E-state index is 0.172. The maximum Gasteiger partial charge on any atom is 0.251 e. The Bertz CT molecular complexity index is 907. The standard InChI is InChI=1S/C21H24N4O2/c1-25(12-3-13-27-2)15-16-4-6-18(7-5-16)21-23-19(14-20(26)24-21)17-8-10-22-11-9-17/h4-11,14H,3,12-13,15H2,1-2H3,(H,23,24,26).